The molecule has 0 aliphatic carbocycles. The van der Waals surface area contributed by atoms with Crippen LogP contribution in [0.3, 0.4) is 0 Å². The highest BCUT2D eigenvalue weighted by Gasteiger charge is 2.08. The van der Waals surface area contributed by atoms with Gasteiger partial charge in [-0.25, -0.2) is 9.97 Å². The minimum Gasteiger partial charge on any atom is -0.396 e. The zero-order valence-electron chi connectivity index (χ0n) is 9.10. The Morgan fingerprint density at radius 1 is 1.60 bits per heavy atom. The lowest BCUT2D eigenvalue weighted by Crippen LogP contribution is -2.24. The van der Waals surface area contributed by atoms with Gasteiger partial charge < -0.3 is 10.4 Å². The Morgan fingerprint density at radius 3 is 3.00 bits per heavy atom. The fourth-order valence-electron chi connectivity index (χ4n) is 1.26. The Morgan fingerprint density at radius 2 is 2.40 bits per heavy atom. The topological polar surface area (TPSA) is 58.0 Å². The number of hydrogen-bond donors (Lipinski definition) is 2. The molecule has 0 amide bonds. The highest BCUT2D eigenvalue weighted by atomic mass is 32.2. The Labute approximate surface area is 94.5 Å². The van der Waals surface area contributed by atoms with Crippen molar-refractivity contribution < 1.29 is 5.11 Å². The number of rotatable bonds is 6. The van der Waals surface area contributed by atoms with Crippen LogP contribution >= 0.6 is 11.8 Å². The van der Waals surface area contributed by atoms with E-state index in [4.69, 9.17) is 5.11 Å². The second kappa shape index (κ2) is 6.63. The molecule has 0 saturated carbocycles. The van der Waals surface area contributed by atoms with Crippen LogP contribution in [0.4, 0.5) is 5.95 Å². The maximum atomic E-state index is 8.91. The van der Waals surface area contributed by atoms with Gasteiger partial charge in [0.2, 0.25) is 5.95 Å². The molecule has 1 rings (SSSR count). The Balaban J connectivity index is 2.56. The molecule has 2 N–H and O–H groups in total. The van der Waals surface area contributed by atoms with Crippen molar-refractivity contribution in [3.05, 3.63) is 18.0 Å². The third-order valence-electron chi connectivity index (χ3n) is 1.97. The molecule has 0 fully saturated rings. The van der Waals surface area contributed by atoms with Crippen LogP contribution in [0.15, 0.2) is 12.3 Å². The number of nitrogens with zero attached hydrogens (tertiary/aromatic N) is 2. The molecule has 0 aromatic carbocycles. The maximum Gasteiger partial charge on any atom is 0.223 e. The molecular weight excluding hydrogens is 210 g/mol. The zero-order chi connectivity index (χ0) is 11.1. The molecule has 0 spiro atoms. The predicted molar refractivity (Wildman–Crippen MR) is 64.3 cm³/mol. The first-order valence-corrected chi connectivity index (χ1v) is 6.31. The van der Waals surface area contributed by atoms with Crippen LogP contribution in [0.5, 0.6) is 0 Å². The average Bonchev–Trinajstić information content (AvgIpc) is 2.18. The molecular formula is C10H17N3OS. The van der Waals surface area contributed by atoms with E-state index in [9.17, 15) is 0 Å². The number of aliphatic hydroxyl groups excluding tert-OH is 1. The van der Waals surface area contributed by atoms with E-state index in [-0.39, 0.29) is 12.6 Å². The molecule has 0 bridgehead atoms. The summed E-state index contributed by atoms with van der Waals surface area (Å²) in [5, 5.41) is 12.1. The Hall–Kier alpha value is -0.810. The number of anilines is 1. The van der Waals surface area contributed by atoms with E-state index in [1.807, 2.05) is 19.2 Å². The van der Waals surface area contributed by atoms with Crippen LogP contribution in [-0.4, -0.2) is 39.7 Å². The molecule has 1 aromatic heterocycles. The monoisotopic (exact) mass is 227 g/mol. The quantitative estimate of drug-likeness (QED) is 0.767. The van der Waals surface area contributed by atoms with Gasteiger partial charge in [-0.05, 0) is 25.7 Å². The van der Waals surface area contributed by atoms with Crippen LogP contribution in [0.25, 0.3) is 0 Å². The summed E-state index contributed by atoms with van der Waals surface area (Å²) >= 11 is 1.74. The van der Waals surface area contributed by atoms with E-state index in [0.717, 1.165) is 17.9 Å². The van der Waals surface area contributed by atoms with Gasteiger partial charge in [0.1, 0.15) is 0 Å². The van der Waals surface area contributed by atoms with Crippen LogP contribution in [0.2, 0.25) is 0 Å². The standard InChI is InChI=1S/C10H17N3OS/c1-8-3-5-11-10(12-8)13-9(4-6-14)7-15-2/h3,5,9,14H,4,6-7H2,1-2H3,(H,11,12,13). The zero-order valence-corrected chi connectivity index (χ0v) is 9.92. The second-order valence-corrected chi connectivity index (χ2v) is 4.24. The molecule has 1 heterocycles. The van der Waals surface area contributed by atoms with E-state index >= 15 is 0 Å². The van der Waals surface area contributed by atoms with Gasteiger partial charge >= 0.3 is 0 Å². The molecule has 1 aromatic rings. The first-order chi connectivity index (χ1) is 7.26. The van der Waals surface area contributed by atoms with E-state index < -0.39 is 0 Å². The third kappa shape index (κ3) is 4.48. The second-order valence-electron chi connectivity index (χ2n) is 3.33. The molecule has 0 aliphatic heterocycles. The summed E-state index contributed by atoms with van der Waals surface area (Å²) < 4.78 is 0. The van der Waals surface area contributed by atoms with Crippen molar-refractivity contribution in [2.45, 2.75) is 19.4 Å². The van der Waals surface area contributed by atoms with Crippen molar-refractivity contribution in [3.63, 3.8) is 0 Å². The first-order valence-electron chi connectivity index (χ1n) is 4.92. The molecule has 1 unspecified atom stereocenters. The fourth-order valence-corrected chi connectivity index (χ4v) is 1.91. The predicted octanol–water partition coefficient (Wildman–Crippen LogP) is 1.31. The smallest absolute Gasteiger partial charge is 0.223 e. The molecule has 0 radical (unpaired) electrons. The van der Waals surface area contributed by atoms with Crippen LogP contribution in [0.1, 0.15) is 12.1 Å². The summed E-state index contributed by atoms with van der Waals surface area (Å²) in [6.45, 7) is 2.12. The van der Waals surface area contributed by atoms with E-state index in [2.05, 4.69) is 15.3 Å². The van der Waals surface area contributed by atoms with Gasteiger partial charge in [-0.1, -0.05) is 0 Å². The lowest BCUT2D eigenvalue weighted by atomic mass is 10.2. The number of hydrogen-bond acceptors (Lipinski definition) is 5. The number of aromatic nitrogens is 2. The van der Waals surface area contributed by atoms with Gasteiger partial charge in [-0.2, -0.15) is 11.8 Å². The van der Waals surface area contributed by atoms with Gasteiger partial charge in [-0.3, -0.25) is 0 Å². The Bertz CT molecular complexity index is 290. The fraction of sp³-hybridized carbons (Fsp3) is 0.600. The summed E-state index contributed by atoms with van der Waals surface area (Å²) in [6, 6.07) is 2.09. The largest absolute Gasteiger partial charge is 0.396 e. The Kier molecular flexibility index (Phi) is 5.42. The minimum atomic E-state index is 0.185. The van der Waals surface area contributed by atoms with Crippen LogP contribution in [0, 0.1) is 6.92 Å². The molecule has 4 nitrogen and oxygen atoms in total. The number of nitrogens with one attached hydrogen (secondary N) is 1. The van der Waals surface area contributed by atoms with Crippen molar-refractivity contribution in [1.29, 1.82) is 0 Å². The normalized spacial score (nSPS) is 12.5. The van der Waals surface area contributed by atoms with E-state index in [0.29, 0.717) is 5.95 Å². The van der Waals surface area contributed by atoms with Gasteiger partial charge in [0.15, 0.2) is 0 Å². The van der Waals surface area contributed by atoms with E-state index in [1.165, 1.54) is 0 Å². The van der Waals surface area contributed by atoms with Crippen molar-refractivity contribution in [1.82, 2.24) is 9.97 Å². The molecule has 15 heavy (non-hydrogen) atoms. The number of thioether (sulfide) groups is 1. The van der Waals surface area contributed by atoms with Gasteiger partial charge in [0.25, 0.3) is 0 Å². The van der Waals surface area contributed by atoms with E-state index in [1.54, 1.807) is 18.0 Å². The van der Waals surface area contributed by atoms with Crippen LogP contribution in [-0.2, 0) is 0 Å². The molecule has 0 saturated heterocycles. The molecule has 5 heteroatoms. The highest BCUT2D eigenvalue weighted by molar-refractivity contribution is 7.98. The summed E-state index contributed by atoms with van der Waals surface area (Å²) in [6.07, 6.45) is 4.50. The summed E-state index contributed by atoms with van der Waals surface area (Å²) in [4.78, 5) is 8.40. The average molecular weight is 227 g/mol. The lowest BCUT2D eigenvalue weighted by molar-refractivity contribution is 0.282. The third-order valence-corrected chi connectivity index (χ3v) is 2.71. The number of aliphatic hydroxyl groups is 1. The van der Waals surface area contributed by atoms with Gasteiger partial charge in [0, 0.05) is 30.3 Å². The SMILES string of the molecule is CSCC(CCO)Nc1nccc(C)n1. The molecule has 84 valence electrons. The maximum absolute atomic E-state index is 8.91. The first kappa shape index (κ1) is 12.3. The molecule has 1 atom stereocenters. The minimum absolute atomic E-state index is 0.185. The highest BCUT2D eigenvalue weighted by Crippen LogP contribution is 2.08. The number of aryl methyl sites for hydroxylation is 1. The van der Waals surface area contributed by atoms with Crippen LogP contribution < -0.4 is 5.32 Å². The van der Waals surface area contributed by atoms with Crippen molar-refractivity contribution in [2.75, 3.05) is 23.9 Å². The lowest BCUT2D eigenvalue weighted by Gasteiger charge is -2.16. The van der Waals surface area contributed by atoms with Gasteiger partial charge in [-0.15, -0.1) is 0 Å². The summed E-state index contributed by atoms with van der Waals surface area (Å²) in [7, 11) is 0. The summed E-state index contributed by atoms with van der Waals surface area (Å²) in [5.41, 5.74) is 0.944. The summed E-state index contributed by atoms with van der Waals surface area (Å²) in [5.74, 6) is 1.58. The van der Waals surface area contributed by atoms with Gasteiger partial charge in [0.05, 0.1) is 0 Å². The van der Waals surface area contributed by atoms with Crippen molar-refractivity contribution in [3.8, 4) is 0 Å². The van der Waals surface area contributed by atoms with Crippen molar-refractivity contribution in [2.24, 2.45) is 0 Å². The van der Waals surface area contributed by atoms with Crippen molar-refractivity contribution >= 4 is 17.7 Å². The molecule has 0 aliphatic rings.